The molecule has 0 spiro atoms. The minimum Gasteiger partial charge on any atom is -0.338 e. The van der Waals surface area contributed by atoms with E-state index in [1.54, 1.807) is 11.4 Å². The number of nitrogens with one attached hydrogen (secondary N) is 1. The molecule has 21 heavy (non-hydrogen) atoms. The van der Waals surface area contributed by atoms with E-state index in [-0.39, 0.29) is 24.1 Å². The highest BCUT2D eigenvalue weighted by atomic mass is 35.5. The fourth-order valence-electron chi connectivity index (χ4n) is 2.48. The number of Topliss-reactive ketones (excluding diaryl/α,β-unsaturated/α-hetero) is 1. The van der Waals surface area contributed by atoms with Crippen molar-refractivity contribution in [2.24, 2.45) is 5.92 Å². The van der Waals surface area contributed by atoms with Crippen LogP contribution in [0.1, 0.15) is 46.7 Å². The van der Waals surface area contributed by atoms with E-state index in [9.17, 15) is 9.59 Å². The third kappa shape index (κ3) is 4.80. The minimum absolute atomic E-state index is 0. The van der Waals surface area contributed by atoms with Gasteiger partial charge in [0.1, 0.15) is 0 Å². The van der Waals surface area contributed by atoms with Gasteiger partial charge < -0.3 is 10.2 Å². The quantitative estimate of drug-likeness (QED) is 0.845. The van der Waals surface area contributed by atoms with Crippen molar-refractivity contribution in [3.05, 3.63) is 21.9 Å². The van der Waals surface area contributed by atoms with Crippen molar-refractivity contribution in [3.8, 4) is 0 Å². The summed E-state index contributed by atoms with van der Waals surface area (Å²) in [5.74, 6) is 0.768. The number of nitrogens with zero attached hydrogens (tertiary/aromatic N) is 1. The highest BCUT2D eigenvalue weighted by Crippen LogP contribution is 2.22. The highest BCUT2D eigenvalue weighted by molar-refractivity contribution is 7.12. The predicted molar refractivity (Wildman–Crippen MR) is 88.7 cm³/mol. The van der Waals surface area contributed by atoms with Gasteiger partial charge in [-0.05, 0) is 44.8 Å². The van der Waals surface area contributed by atoms with Crippen molar-refractivity contribution in [2.75, 3.05) is 26.2 Å². The van der Waals surface area contributed by atoms with Gasteiger partial charge in [0.15, 0.2) is 5.78 Å². The van der Waals surface area contributed by atoms with Crippen molar-refractivity contribution in [1.29, 1.82) is 0 Å². The van der Waals surface area contributed by atoms with Crippen LogP contribution in [0, 0.1) is 5.92 Å². The summed E-state index contributed by atoms with van der Waals surface area (Å²) in [5, 5.41) is 5.14. The summed E-state index contributed by atoms with van der Waals surface area (Å²) in [5.41, 5.74) is 0.639. The van der Waals surface area contributed by atoms with Gasteiger partial charge in [0.05, 0.1) is 4.88 Å². The average molecular weight is 331 g/mol. The first kappa shape index (κ1) is 18.1. The van der Waals surface area contributed by atoms with Gasteiger partial charge in [-0.1, -0.05) is 6.92 Å². The maximum absolute atomic E-state index is 12.4. The number of carbonyl (C=O) groups excluding carboxylic acids is 2. The number of likely N-dealkylation sites (tertiary alicyclic amines) is 1. The first-order valence-corrected chi connectivity index (χ1v) is 8.09. The Morgan fingerprint density at radius 2 is 2.05 bits per heavy atom. The van der Waals surface area contributed by atoms with E-state index >= 15 is 0 Å². The molecule has 0 aliphatic carbocycles. The first-order chi connectivity index (χ1) is 9.61. The van der Waals surface area contributed by atoms with Crippen LogP contribution < -0.4 is 5.32 Å². The molecule has 6 heteroatoms. The zero-order valence-electron chi connectivity index (χ0n) is 12.6. The van der Waals surface area contributed by atoms with Crippen LogP contribution >= 0.6 is 23.7 Å². The Balaban J connectivity index is 0.00000220. The van der Waals surface area contributed by atoms with Crippen LogP contribution in [0.15, 0.2) is 11.4 Å². The molecule has 1 aliphatic heterocycles. The molecular formula is C15H23ClN2O2S. The first-order valence-electron chi connectivity index (χ1n) is 7.21. The molecule has 1 aromatic heterocycles. The van der Waals surface area contributed by atoms with Gasteiger partial charge in [0.2, 0.25) is 0 Å². The summed E-state index contributed by atoms with van der Waals surface area (Å²) in [6.07, 6.45) is 2.12. The van der Waals surface area contributed by atoms with Gasteiger partial charge in [0.25, 0.3) is 5.91 Å². The van der Waals surface area contributed by atoms with Gasteiger partial charge in [0, 0.05) is 24.0 Å². The van der Waals surface area contributed by atoms with Crippen molar-refractivity contribution >= 4 is 35.4 Å². The lowest BCUT2D eigenvalue weighted by Crippen LogP contribution is -2.40. The van der Waals surface area contributed by atoms with Crippen molar-refractivity contribution in [2.45, 2.75) is 26.7 Å². The second-order valence-corrected chi connectivity index (χ2v) is 6.21. The normalized spacial score (nSPS) is 15.6. The number of hydrogen-bond acceptors (Lipinski definition) is 4. The molecular weight excluding hydrogens is 308 g/mol. The maximum Gasteiger partial charge on any atom is 0.263 e. The molecule has 2 heterocycles. The lowest BCUT2D eigenvalue weighted by atomic mass is 9.96. The van der Waals surface area contributed by atoms with E-state index in [1.807, 2.05) is 4.90 Å². The molecule has 1 fully saturated rings. The van der Waals surface area contributed by atoms with Crippen LogP contribution in [0.5, 0.6) is 0 Å². The van der Waals surface area contributed by atoms with Crippen LogP contribution in [0.3, 0.4) is 0 Å². The molecule has 118 valence electrons. The summed E-state index contributed by atoms with van der Waals surface area (Å²) in [4.78, 5) is 26.2. The number of piperidine rings is 1. The average Bonchev–Trinajstić information content (AvgIpc) is 2.95. The Bertz CT molecular complexity index is 482. The Kier molecular flexibility index (Phi) is 7.35. The molecule has 0 atom stereocenters. The van der Waals surface area contributed by atoms with Gasteiger partial charge in [-0.15, -0.1) is 23.7 Å². The largest absolute Gasteiger partial charge is 0.338 e. The second-order valence-electron chi connectivity index (χ2n) is 5.30. The lowest BCUT2D eigenvalue weighted by Gasteiger charge is -2.31. The van der Waals surface area contributed by atoms with Crippen molar-refractivity contribution < 1.29 is 9.59 Å². The van der Waals surface area contributed by atoms with Gasteiger partial charge >= 0.3 is 0 Å². The smallest absolute Gasteiger partial charge is 0.263 e. The van der Waals surface area contributed by atoms with Gasteiger partial charge in [-0.25, -0.2) is 0 Å². The van der Waals surface area contributed by atoms with Crippen LogP contribution in [-0.4, -0.2) is 42.8 Å². The number of rotatable bonds is 5. The van der Waals surface area contributed by atoms with Crippen LogP contribution in [0.2, 0.25) is 0 Å². The third-order valence-electron chi connectivity index (χ3n) is 3.80. The standard InChI is InChI=1S/C15H22N2O2S.ClH/c1-3-16-9-12-4-6-17(7-5-12)15(19)14-8-13(10-20-14)11(2)18;/h8,10,12,16H,3-7,9H2,1-2H3;1H. The number of halogens is 1. The molecule has 0 saturated carbocycles. The molecule has 0 bridgehead atoms. The number of hydrogen-bond donors (Lipinski definition) is 1. The highest BCUT2D eigenvalue weighted by Gasteiger charge is 2.24. The number of thiophene rings is 1. The third-order valence-corrected chi connectivity index (χ3v) is 4.72. The molecule has 1 aromatic rings. The van der Waals surface area contributed by atoms with E-state index in [2.05, 4.69) is 12.2 Å². The molecule has 1 saturated heterocycles. The molecule has 1 aliphatic rings. The summed E-state index contributed by atoms with van der Waals surface area (Å²) < 4.78 is 0. The van der Waals surface area contributed by atoms with E-state index in [0.29, 0.717) is 16.4 Å². The number of carbonyl (C=O) groups is 2. The number of ketones is 1. The zero-order chi connectivity index (χ0) is 14.5. The monoisotopic (exact) mass is 330 g/mol. The second kappa shape index (κ2) is 8.51. The Morgan fingerprint density at radius 1 is 1.38 bits per heavy atom. The molecule has 1 amide bonds. The Morgan fingerprint density at radius 3 is 2.57 bits per heavy atom. The molecule has 1 N–H and O–H groups in total. The van der Waals surface area contributed by atoms with E-state index in [0.717, 1.165) is 39.0 Å². The minimum atomic E-state index is 0. The molecule has 0 aromatic carbocycles. The molecule has 2 rings (SSSR count). The van der Waals surface area contributed by atoms with Gasteiger partial charge in [-0.2, -0.15) is 0 Å². The van der Waals surface area contributed by atoms with Gasteiger partial charge in [-0.3, -0.25) is 9.59 Å². The lowest BCUT2D eigenvalue weighted by molar-refractivity contribution is 0.0695. The van der Waals surface area contributed by atoms with E-state index in [4.69, 9.17) is 0 Å². The van der Waals surface area contributed by atoms with Crippen LogP contribution in [-0.2, 0) is 0 Å². The molecule has 0 unspecified atom stereocenters. The summed E-state index contributed by atoms with van der Waals surface area (Å²) in [7, 11) is 0. The summed E-state index contributed by atoms with van der Waals surface area (Å²) >= 11 is 1.37. The Labute approximate surface area is 136 Å². The number of amides is 1. The predicted octanol–water partition coefficient (Wildman–Crippen LogP) is 2.83. The van der Waals surface area contributed by atoms with Crippen molar-refractivity contribution in [3.63, 3.8) is 0 Å². The summed E-state index contributed by atoms with van der Waals surface area (Å²) in [6, 6.07) is 1.72. The summed E-state index contributed by atoms with van der Waals surface area (Å²) in [6.45, 7) is 7.34. The topological polar surface area (TPSA) is 49.4 Å². The van der Waals surface area contributed by atoms with Crippen LogP contribution in [0.25, 0.3) is 0 Å². The maximum atomic E-state index is 12.4. The zero-order valence-corrected chi connectivity index (χ0v) is 14.2. The SMILES string of the molecule is CCNCC1CCN(C(=O)c2cc(C(C)=O)cs2)CC1.Cl. The van der Waals surface area contributed by atoms with Crippen LogP contribution in [0.4, 0.5) is 0 Å². The van der Waals surface area contributed by atoms with E-state index < -0.39 is 0 Å². The molecule has 4 nitrogen and oxygen atoms in total. The van der Waals surface area contributed by atoms with Crippen molar-refractivity contribution in [1.82, 2.24) is 10.2 Å². The Hall–Kier alpha value is -0.910. The van der Waals surface area contributed by atoms with E-state index in [1.165, 1.54) is 18.3 Å². The fourth-order valence-corrected chi connectivity index (χ4v) is 3.39. The molecule has 0 radical (unpaired) electrons. The fraction of sp³-hybridized carbons (Fsp3) is 0.600.